The average molecular weight is 235 g/mol. The summed E-state index contributed by atoms with van der Waals surface area (Å²) in [6, 6.07) is 3.73. The second-order valence-electron chi connectivity index (χ2n) is 4.06. The van der Waals surface area contributed by atoms with Crippen molar-refractivity contribution in [3.63, 3.8) is 0 Å². The summed E-state index contributed by atoms with van der Waals surface area (Å²) in [5.74, 6) is 5.47. The molecule has 0 atom stereocenters. The summed E-state index contributed by atoms with van der Waals surface area (Å²) in [4.78, 5) is 17.7. The van der Waals surface area contributed by atoms with Crippen LogP contribution in [0.5, 0.6) is 0 Å². The highest BCUT2D eigenvalue weighted by atomic mass is 16.1. The first-order valence-corrected chi connectivity index (χ1v) is 5.68. The Labute approximate surface area is 100 Å². The van der Waals surface area contributed by atoms with Crippen LogP contribution in [0.25, 0.3) is 0 Å². The van der Waals surface area contributed by atoms with E-state index in [1.165, 1.54) is 0 Å². The molecule has 4 N–H and O–H groups in total. The van der Waals surface area contributed by atoms with E-state index >= 15 is 0 Å². The summed E-state index contributed by atoms with van der Waals surface area (Å²) in [5.41, 5.74) is 4.40. The van der Waals surface area contributed by atoms with E-state index in [4.69, 9.17) is 5.84 Å². The van der Waals surface area contributed by atoms with Crippen molar-refractivity contribution < 1.29 is 4.79 Å². The Morgan fingerprint density at radius 1 is 1.53 bits per heavy atom. The molecule has 1 aliphatic rings. The van der Waals surface area contributed by atoms with Crippen LogP contribution >= 0.6 is 0 Å². The van der Waals surface area contributed by atoms with Crippen molar-refractivity contribution in [1.82, 2.24) is 15.2 Å². The van der Waals surface area contributed by atoms with Gasteiger partial charge in [0.25, 0.3) is 0 Å². The fourth-order valence-electron chi connectivity index (χ4n) is 1.85. The van der Waals surface area contributed by atoms with Gasteiger partial charge in [-0.3, -0.25) is 20.5 Å². The monoisotopic (exact) mass is 235 g/mol. The third-order valence-corrected chi connectivity index (χ3v) is 2.77. The number of nitrogens with zero attached hydrogens (tertiary/aromatic N) is 2. The number of hydrogen-bond donors (Lipinski definition) is 3. The van der Waals surface area contributed by atoms with Gasteiger partial charge in [0, 0.05) is 38.8 Å². The molecule has 2 rings (SSSR count). The molecule has 1 aromatic heterocycles. The van der Waals surface area contributed by atoms with E-state index in [0.717, 1.165) is 31.0 Å². The first-order valence-electron chi connectivity index (χ1n) is 5.68. The zero-order chi connectivity index (χ0) is 12.1. The lowest BCUT2D eigenvalue weighted by atomic mass is 10.3. The zero-order valence-corrected chi connectivity index (χ0v) is 9.65. The maximum absolute atomic E-state index is 11.2. The van der Waals surface area contributed by atoms with Gasteiger partial charge in [-0.1, -0.05) is 0 Å². The topological polar surface area (TPSA) is 83.3 Å². The van der Waals surface area contributed by atoms with E-state index in [0.29, 0.717) is 13.0 Å². The SMILES string of the molecule is NNc1ccnc(CN2CCNC(=O)CC2)c1. The highest BCUT2D eigenvalue weighted by molar-refractivity contribution is 5.76. The highest BCUT2D eigenvalue weighted by Crippen LogP contribution is 2.09. The van der Waals surface area contributed by atoms with Gasteiger partial charge in [0.1, 0.15) is 0 Å². The Kier molecular flexibility index (Phi) is 3.89. The van der Waals surface area contributed by atoms with Crippen molar-refractivity contribution in [1.29, 1.82) is 0 Å². The molecule has 2 heterocycles. The van der Waals surface area contributed by atoms with Gasteiger partial charge < -0.3 is 10.7 Å². The first-order chi connectivity index (χ1) is 8.28. The molecule has 0 spiro atoms. The van der Waals surface area contributed by atoms with Crippen LogP contribution in [0, 0.1) is 0 Å². The van der Waals surface area contributed by atoms with Crippen LogP contribution in [0.1, 0.15) is 12.1 Å². The molecule has 1 fully saturated rings. The number of pyridine rings is 1. The average Bonchev–Trinajstić information content (AvgIpc) is 2.55. The molecule has 92 valence electrons. The van der Waals surface area contributed by atoms with Crippen LogP contribution in [0.4, 0.5) is 5.69 Å². The summed E-state index contributed by atoms with van der Waals surface area (Å²) in [5, 5.41) is 2.85. The molecule has 1 saturated heterocycles. The minimum Gasteiger partial charge on any atom is -0.355 e. The van der Waals surface area contributed by atoms with E-state index in [2.05, 4.69) is 20.6 Å². The smallest absolute Gasteiger partial charge is 0.221 e. The molecule has 0 aromatic carbocycles. The second-order valence-corrected chi connectivity index (χ2v) is 4.06. The van der Waals surface area contributed by atoms with Gasteiger partial charge in [0.05, 0.1) is 11.4 Å². The predicted molar refractivity (Wildman–Crippen MR) is 65.0 cm³/mol. The molecule has 1 aromatic rings. The quantitative estimate of drug-likeness (QED) is 0.494. The summed E-state index contributed by atoms with van der Waals surface area (Å²) in [7, 11) is 0. The predicted octanol–water partition coefficient (Wildman–Crippen LogP) is -0.311. The lowest BCUT2D eigenvalue weighted by molar-refractivity contribution is -0.120. The van der Waals surface area contributed by atoms with E-state index in [1.54, 1.807) is 6.20 Å². The van der Waals surface area contributed by atoms with E-state index in [9.17, 15) is 4.79 Å². The molecule has 0 unspecified atom stereocenters. The summed E-state index contributed by atoms with van der Waals surface area (Å²) in [6.07, 6.45) is 2.28. The minimum atomic E-state index is 0.123. The lowest BCUT2D eigenvalue weighted by Gasteiger charge is -2.18. The molecule has 6 heteroatoms. The summed E-state index contributed by atoms with van der Waals surface area (Å²) < 4.78 is 0. The Morgan fingerprint density at radius 2 is 2.41 bits per heavy atom. The van der Waals surface area contributed by atoms with Crippen molar-refractivity contribution in [2.24, 2.45) is 5.84 Å². The first kappa shape index (κ1) is 11.8. The fourth-order valence-corrected chi connectivity index (χ4v) is 1.85. The summed E-state index contributed by atoms with van der Waals surface area (Å²) in [6.45, 7) is 3.07. The van der Waals surface area contributed by atoms with Gasteiger partial charge in [-0.15, -0.1) is 0 Å². The number of nitrogen functional groups attached to an aromatic ring is 1. The van der Waals surface area contributed by atoms with Gasteiger partial charge in [-0.25, -0.2) is 0 Å². The van der Waals surface area contributed by atoms with Gasteiger partial charge in [0.2, 0.25) is 5.91 Å². The van der Waals surface area contributed by atoms with Gasteiger partial charge in [-0.2, -0.15) is 0 Å². The van der Waals surface area contributed by atoms with E-state index in [-0.39, 0.29) is 5.91 Å². The number of anilines is 1. The molecule has 0 radical (unpaired) electrons. The van der Waals surface area contributed by atoms with Gasteiger partial charge >= 0.3 is 0 Å². The zero-order valence-electron chi connectivity index (χ0n) is 9.65. The maximum atomic E-state index is 11.2. The van der Waals surface area contributed by atoms with Crippen LogP contribution in [-0.4, -0.2) is 35.4 Å². The van der Waals surface area contributed by atoms with Crippen molar-refractivity contribution >= 4 is 11.6 Å². The van der Waals surface area contributed by atoms with Crippen molar-refractivity contribution in [2.45, 2.75) is 13.0 Å². The second kappa shape index (κ2) is 5.60. The van der Waals surface area contributed by atoms with Crippen molar-refractivity contribution in [3.8, 4) is 0 Å². The maximum Gasteiger partial charge on any atom is 0.221 e. The number of carbonyl (C=O) groups is 1. The van der Waals surface area contributed by atoms with Gasteiger partial charge in [0.15, 0.2) is 0 Å². The Bertz CT molecular complexity index is 395. The molecular weight excluding hydrogens is 218 g/mol. The number of rotatable bonds is 3. The van der Waals surface area contributed by atoms with Crippen molar-refractivity contribution in [3.05, 3.63) is 24.0 Å². The standard InChI is InChI=1S/C11H17N5O/c12-15-9-1-3-13-10(7-9)8-16-5-2-11(17)14-4-6-16/h1,3,7H,2,4-6,8,12H2,(H,13,15)(H,14,17). The number of amides is 1. The van der Waals surface area contributed by atoms with Crippen LogP contribution in [0.3, 0.4) is 0 Å². The number of hydrazine groups is 1. The molecule has 1 amide bonds. The van der Waals surface area contributed by atoms with Crippen LogP contribution < -0.4 is 16.6 Å². The van der Waals surface area contributed by atoms with Crippen LogP contribution in [-0.2, 0) is 11.3 Å². The number of nitrogens with one attached hydrogen (secondary N) is 2. The molecule has 0 bridgehead atoms. The van der Waals surface area contributed by atoms with Gasteiger partial charge in [-0.05, 0) is 12.1 Å². The number of nitrogens with two attached hydrogens (primary N) is 1. The third kappa shape index (κ3) is 3.40. The van der Waals surface area contributed by atoms with Crippen LogP contribution in [0.15, 0.2) is 18.3 Å². The molecule has 17 heavy (non-hydrogen) atoms. The number of aromatic nitrogens is 1. The normalized spacial score (nSPS) is 17.4. The van der Waals surface area contributed by atoms with E-state index in [1.807, 2.05) is 12.1 Å². The Morgan fingerprint density at radius 3 is 3.24 bits per heavy atom. The minimum absolute atomic E-state index is 0.123. The largest absolute Gasteiger partial charge is 0.355 e. The van der Waals surface area contributed by atoms with E-state index < -0.39 is 0 Å². The highest BCUT2D eigenvalue weighted by Gasteiger charge is 2.13. The molecule has 0 saturated carbocycles. The van der Waals surface area contributed by atoms with Crippen LogP contribution in [0.2, 0.25) is 0 Å². The number of hydrogen-bond acceptors (Lipinski definition) is 5. The molecular formula is C11H17N5O. The molecule has 6 nitrogen and oxygen atoms in total. The molecule has 0 aliphatic carbocycles. The Balaban J connectivity index is 1.97. The molecule has 1 aliphatic heterocycles. The fraction of sp³-hybridized carbons (Fsp3) is 0.455. The Hall–Kier alpha value is -1.66. The lowest BCUT2D eigenvalue weighted by Crippen LogP contribution is -2.28. The number of carbonyl (C=O) groups excluding carboxylic acids is 1. The third-order valence-electron chi connectivity index (χ3n) is 2.77. The van der Waals surface area contributed by atoms with Crippen molar-refractivity contribution in [2.75, 3.05) is 25.1 Å². The summed E-state index contributed by atoms with van der Waals surface area (Å²) >= 11 is 0.